The minimum atomic E-state index is -4.81. The van der Waals surface area contributed by atoms with Crippen molar-refractivity contribution in [1.82, 2.24) is 30.7 Å². The van der Waals surface area contributed by atoms with Crippen LogP contribution in [0.5, 0.6) is 23.1 Å². The van der Waals surface area contributed by atoms with Crippen LogP contribution in [0.3, 0.4) is 0 Å². The molecule has 0 saturated heterocycles. The normalized spacial score (nSPS) is 12.1. The first-order valence-corrected chi connectivity index (χ1v) is 21.9. The molecule has 25 heteroatoms. The number of nitrogens with zero attached hydrogens (tertiary/aromatic N) is 7. The number of rotatable bonds is 25. The average Bonchev–Trinajstić information content (AvgIpc) is 3.30. The summed E-state index contributed by atoms with van der Waals surface area (Å²) in [6.07, 6.45) is -0.392. The molecule has 4 N–H and O–H groups in total. The summed E-state index contributed by atoms with van der Waals surface area (Å²) in [7, 11) is -3.42. The van der Waals surface area contributed by atoms with Gasteiger partial charge in [0.25, 0.3) is 15.9 Å². The Morgan fingerprint density at radius 1 is 0.721 bits per heavy atom. The van der Waals surface area contributed by atoms with E-state index in [1.807, 2.05) is 20.8 Å². The third kappa shape index (κ3) is 15.5. The molecule has 0 aliphatic rings. The fourth-order valence-electron chi connectivity index (χ4n) is 5.89. The molecule has 0 amide bonds. The average molecular weight is 970 g/mol. The Bertz CT molecular complexity index is 2500. The van der Waals surface area contributed by atoms with Crippen molar-refractivity contribution in [2.45, 2.75) is 57.3 Å². The molecule has 68 heavy (non-hydrogen) atoms. The van der Waals surface area contributed by atoms with Crippen LogP contribution in [0, 0.1) is 0 Å². The third-order valence-electron chi connectivity index (χ3n) is 9.13. The van der Waals surface area contributed by atoms with Gasteiger partial charge in [0.1, 0.15) is 19.8 Å². The number of hydrogen-bond donors (Lipinski definition) is 4. The lowest BCUT2D eigenvalue weighted by Gasteiger charge is -2.30. The van der Waals surface area contributed by atoms with E-state index < -0.39 is 50.7 Å². The maximum absolute atomic E-state index is 15.1. The number of ether oxygens (including phenoxy) is 7. The van der Waals surface area contributed by atoms with Gasteiger partial charge in [-0.25, -0.2) is 42.1 Å². The molecule has 3 aromatic carbocycles. The maximum atomic E-state index is 15.1. The lowest BCUT2D eigenvalue weighted by atomic mass is 9.87. The van der Waals surface area contributed by atoms with Crippen molar-refractivity contribution in [2.24, 2.45) is 0 Å². The summed E-state index contributed by atoms with van der Waals surface area (Å²) in [6, 6.07) is 20.5. The van der Waals surface area contributed by atoms with Crippen molar-refractivity contribution in [3.05, 3.63) is 108 Å². The molecular weight excluding hydrogens is 919 g/mol. The Labute approximate surface area is 390 Å². The molecule has 5 aromatic rings. The highest BCUT2D eigenvalue weighted by molar-refractivity contribution is 7.92. The molecular formula is C43H51N7O17S. The highest BCUT2D eigenvalue weighted by Crippen LogP contribution is 2.44. The number of carbonyl (C=O) groups excluding carboxylic acids is 2. The molecule has 0 bridgehead atoms. The maximum Gasteiger partial charge on any atom is 0.510 e. The van der Waals surface area contributed by atoms with Gasteiger partial charge in [0, 0.05) is 12.4 Å². The molecule has 1 unspecified atom stereocenters. The second-order valence-electron chi connectivity index (χ2n) is 15.0. The zero-order chi connectivity index (χ0) is 49.3. The first kappa shape index (κ1) is 52.3. The minimum absolute atomic E-state index is 0.0541. The van der Waals surface area contributed by atoms with Crippen molar-refractivity contribution in [3.63, 3.8) is 0 Å². The Kier molecular flexibility index (Phi) is 19.2. The van der Waals surface area contributed by atoms with Crippen LogP contribution in [0.1, 0.15) is 44.4 Å². The Balaban J connectivity index is 1.54. The second-order valence-corrected chi connectivity index (χ2v) is 16.8. The lowest BCUT2D eigenvalue weighted by molar-refractivity contribution is -0.497. The van der Waals surface area contributed by atoms with Crippen LogP contribution in [0.25, 0.3) is 11.6 Å². The monoisotopic (exact) mass is 969 g/mol. The van der Waals surface area contributed by atoms with Crippen LogP contribution >= 0.6 is 0 Å². The van der Waals surface area contributed by atoms with Crippen molar-refractivity contribution in [2.75, 3.05) is 51.1 Å². The lowest BCUT2D eigenvalue weighted by Crippen LogP contribution is -2.42. The minimum Gasteiger partial charge on any atom is -0.493 e. The van der Waals surface area contributed by atoms with E-state index in [1.54, 1.807) is 54.6 Å². The van der Waals surface area contributed by atoms with Crippen molar-refractivity contribution < 1.29 is 81.7 Å². The standard InChI is InChI=1S/C43H51N7O17S/c1-29(66-42(52)63-23-21-60-22-26-64-49(53)54)48(68(57,58)33-17-15-32(16-18-33)43(2,3)4)40-37(67-35-10-7-6-9-34(35)59-5)41(47-39(46-40)38-44-19-8-20-45-38)62-25-24-61-36(51)27-30-11-13-31(14-12-30)28-65-50(55)56/h6-20,29,53-56H,21-28H2,1-5H3. The van der Waals surface area contributed by atoms with Gasteiger partial charge in [0.15, 0.2) is 29.4 Å². The number of aromatic nitrogens is 4. The van der Waals surface area contributed by atoms with Gasteiger partial charge < -0.3 is 33.2 Å². The number of anilines is 1. The van der Waals surface area contributed by atoms with Gasteiger partial charge >= 0.3 is 12.1 Å². The topological polar surface area (TPSA) is 294 Å². The van der Waals surface area contributed by atoms with Gasteiger partial charge in [-0.1, -0.05) is 69.3 Å². The molecule has 2 aromatic heterocycles. The fourth-order valence-corrected chi connectivity index (χ4v) is 7.38. The molecule has 366 valence electrons. The molecule has 0 saturated carbocycles. The van der Waals surface area contributed by atoms with E-state index >= 15 is 8.42 Å². The van der Waals surface area contributed by atoms with Gasteiger partial charge in [0.2, 0.25) is 11.6 Å². The van der Waals surface area contributed by atoms with Crippen molar-refractivity contribution in [1.29, 1.82) is 0 Å². The van der Waals surface area contributed by atoms with E-state index in [1.165, 1.54) is 50.7 Å². The smallest absolute Gasteiger partial charge is 0.493 e. The zero-order valence-corrected chi connectivity index (χ0v) is 38.3. The molecule has 5 rings (SSSR count). The Hall–Kier alpha value is -6.65. The second kappa shape index (κ2) is 24.9. The van der Waals surface area contributed by atoms with Crippen LogP contribution in [0.15, 0.2) is 96.2 Å². The van der Waals surface area contributed by atoms with E-state index in [0.29, 0.717) is 15.4 Å². The molecule has 24 nitrogen and oxygen atoms in total. The predicted octanol–water partition coefficient (Wildman–Crippen LogP) is 5.43. The summed E-state index contributed by atoms with van der Waals surface area (Å²) in [4.78, 5) is 52.5. The zero-order valence-electron chi connectivity index (χ0n) is 37.5. The molecule has 0 spiro atoms. The van der Waals surface area contributed by atoms with E-state index in [0.717, 1.165) is 5.56 Å². The fraction of sp³-hybridized carbons (Fsp3) is 0.349. The number of carbonyl (C=O) groups is 2. The van der Waals surface area contributed by atoms with Crippen LogP contribution in [0.4, 0.5) is 10.6 Å². The third-order valence-corrected chi connectivity index (χ3v) is 11.0. The molecule has 0 aliphatic carbocycles. The van der Waals surface area contributed by atoms with Gasteiger partial charge in [-0.3, -0.25) is 25.6 Å². The highest BCUT2D eigenvalue weighted by atomic mass is 32.2. The Morgan fingerprint density at radius 2 is 1.35 bits per heavy atom. The largest absolute Gasteiger partial charge is 0.510 e. The van der Waals surface area contributed by atoms with E-state index in [4.69, 9.17) is 54.0 Å². The first-order chi connectivity index (χ1) is 32.5. The van der Waals surface area contributed by atoms with Gasteiger partial charge in [-0.2, -0.15) is 4.98 Å². The summed E-state index contributed by atoms with van der Waals surface area (Å²) >= 11 is 0. The van der Waals surface area contributed by atoms with E-state index in [-0.39, 0.29) is 92.0 Å². The summed E-state index contributed by atoms with van der Waals surface area (Å²) < 4.78 is 70.4. The summed E-state index contributed by atoms with van der Waals surface area (Å²) in [5.74, 6) is -2.04. The predicted molar refractivity (Wildman–Crippen MR) is 232 cm³/mol. The molecule has 1 atom stereocenters. The molecule has 2 heterocycles. The number of hydrogen-bond acceptors (Lipinski definition) is 23. The van der Waals surface area contributed by atoms with Crippen LogP contribution in [0.2, 0.25) is 0 Å². The Morgan fingerprint density at radius 3 is 2.00 bits per heavy atom. The number of benzene rings is 3. The van der Waals surface area contributed by atoms with Crippen LogP contribution in [-0.4, -0.2) is 125 Å². The highest BCUT2D eigenvalue weighted by Gasteiger charge is 2.39. The summed E-state index contributed by atoms with van der Waals surface area (Å²) in [5, 5.41) is 34.0. The summed E-state index contributed by atoms with van der Waals surface area (Å²) in [6.45, 7) is 5.41. The van der Waals surface area contributed by atoms with Crippen LogP contribution in [-0.2, 0) is 61.9 Å². The number of para-hydroxylation sites is 2. The van der Waals surface area contributed by atoms with Crippen molar-refractivity contribution in [3.8, 4) is 34.8 Å². The number of esters is 1. The number of methoxy groups -OCH3 is 1. The number of sulfonamides is 1. The van der Waals surface area contributed by atoms with Gasteiger partial charge in [-0.05, 0) is 59.4 Å². The molecule has 0 fully saturated rings. The SMILES string of the molecule is COc1ccccc1Oc1c(OCCOC(=O)Cc2ccc(CON(O)O)cc2)nc(-c2ncccn2)nc1N(C(C)OC(=O)OCCOCCON(O)O)S(=O)(=O)c1ccc(C(C)(C)C)cc1. The van der Waals surface area contributed by atoms with Gasteiger partial charge in [-0.15, -0.1) is 0 Å². The summed E-state index contributed by atoms with van der Waals surface area (Å²) in [5.41, 5.74) is 1.64. The van der Waals surface area contributed by atoms with Crippen LogP contribution < -0.4 is 18.5 Å². The van der Waals surface area contributed by atoms with E-state index in [2.05, 4.69) is 29.6 Å². The first-order valence-electron chi connectivity index (χ1n) is 20.5. The van der Waals surface area contributed by atoms with Gasteiger partial charge in [0.05, 0.1) is 55.6 Å². The van der Waals surface area contributed by atoms with Crippen molar-refractivity contribution >= 4 is 28.0 Å². The molecule has 0 aliphatic heterocycles. The van der Waals surface area contributed by atoms with E-state index in [9.17, 15) is 9.59 Å². The molecule has 0 radical (unpaired) electrons. The quantitative estimate of drug-likeness (QED) is 0.0245.